The number of carbonyl (C=O) groups excluding carboxylic acids is 3. The van der Waals surface area contributed by atoms with Gasteiger partial charge in [0.2, 0.25) is 0 Å². The lowest BCUT2D eigenvalue weighted by atomic mass is 9.54. The molecule has 1 fully saturated rings. The van der Waals surface area contributed by atoms with Gasteiger partial charge in [0.15, 0.2) is 0 Å². The molecule has 0 unspecified atom stereocenters. The maximum Gasteiger partial charge on any atom is 0.319 e. The van der Waals surface area contributed by atoms with Crippen LogP contribution in [0, 0.1) is 16.2 Å². The van der Waals surface area contributed by atoms with E-state index < -0.39 is 45.7 Å². The Morgan fingerprint density at radius 1 is 1.00 bits per heavy atom. The third-order valence-electron chi connectivity index (χ3n) is 6.95. The summed E-state index contributed by atoms with van der Waals surface area (Å²) in [5.74, 6) is -0.510. The van der Waals surface area contributed by atoms with E-state index in [0.717, 1.165) is 0 Å². The van der Waals surface area contributed by atoms with E-state index >= 15 is 0 Å². The van der Waals surface area contributed by atoms with Crippen molar-refractivity contribution in [3.63, 3.8) is 0 Å². The average molecular weight is 459 g/mol. The maximum atomic E-state index is 13.3. The summed E-state index contributed by atoms with van der Waals surface area (Å²) < 4.78 is 22.9. The smallest absolute Gasteiger partial charge is 0.319 e. The molecule has 0 aliphatic carbocycles. The number of benzene rings is 1. The van der Waals surface area contributed by atoms with E-state index in [2.05, 4.69) is 0 Å². The van der Waals surface area contributed by atoms with Crippen molar-refractivity contribution in [2.45, 2.75) is 66.9 Å². The predicted octanol–water partition coefficient (Wildman–Crippen LogP) is 4.33. The van der Waals surface area contributed by atoms with Gasteiger partial charge in [-0.1, -0.05) is 18.2 Å². The topological polar surface area (TPSA) is 88.1 Å². The van der Waals surface area contributed by atoms with Crippen molar-refractivity contribution in [3.8, 4) is 5.75 Å². The summed E-state index contributed by atoms with van der Waals surface area (Å²) in [7, 11) is 0. The van der Waals surface area contributed by atoms with Crippen LogP contribution in [0.25, 0.3) is 0 Å². The second kappa shape index (κ2) is 8.19. The van der Waals surface area contributed by atoms with Crippen molar-refractivity contribution in [1.29, 1.82) is 0 Å². The van der Waals surface area contributed by atoms with Gasteiger partial charge in [-0.05, 0) is 67.5 Å². The summed E-state index contributed by atoms with van der Waals surface area (Å²) in [5, 5.41) is 0. The lowest BCUT2D eigenvalue weighted by Gasteiger charge is -2.47. The van der Waals surface area contributed by atoms with Crippen molar-refractivity contribution in [2.75, 3.05) is 13.2 Å². The van der Waals surface area contributed by atoms with Gasteiger partial charge in [-0.25, -0.2) is 0 Å². The molecule has 7 heteroatoms. The normalized spacial score (nSPS) is 23.8. The molecular weight excluding hydrogens is 424 g/mol. The molecule has 1 aromatic rings. The largest absolute Gasteiger partial charge is 0.465 e. The molecule has 2 atom stereocenters. The summed E-state index contributed by atoms with van der Waals surface area (Å²) in [6, 6.07) is 7.34. The van der Waals surface area contributed by atoms with Crippen LogP contribution in [0.2, 0.25) is 0 Å². The van der Waals surface area contributed by atoms with E-state index in [1.165, 1.54) is 0 Å². The molecule has 0 N–H and O–H groups in total. The summed E-state index contributed by atoms with van der Waals surface area (Å²) >= 11 is 0. The third kappa shape index (κ3) is 3.52. The average Bonchev–Trinajstić information content (AvgIpc) is 2.95. The molecule has 180 valence electrons. The van der Waals surface area contributed by atoms with Crippen LogP contribution in [0.4, 0.5) is 0 Å². The van der Waals surface area contributed by atoms with E-state index in [1.54, 1.807) is 67.5 Å². The Labute approximate surface area is 195 Å². The Hall–Kier alpha value is -2.83. The molecule has 1 saturated heterocycles. The van der Waals surface area contributed by atoms with Crippen LogP contribution in [0.5, 0.6) is 5.75 Å². The number of fused-ring (bicyclic) bond motifs is 2. The molecular formula is C26H34O7. The number of cyclic esters (lactones) is 1. The Morgan fingerprint density at radius 3 is 2.18 bits per heavy atom. The molecule has 2 heterocycles. The molecule has 0 radical (unpaired) electrons. The van der Waals surface area contributed by atoms with Crippen LogP contribution in [-0.2, 0) is 34.0 Å². The van der Waals surface area contributed by atoms with Crippen LogP contribution in [0.1, 0.15) is 61.0 Å². The molecule has 2 aliphatic rings. The zero-order valence-corrected chi connectivity index (χ0v) is 20.7. The van der Waals surface area contributed by atoms with E-state index in [9.17, 15) is 14.4 Å². The molecule has 0 amide bonds. The first-order valence-corrected chi connectivity index (χ1v) is 11.3. The number of hydrogen-bond acceptors (Lipinski definition) is 7. The first-order valence-electron chi connectivity index (χ1n) is 11.3. The van der Waals surface area contributed by atoms with Gasteiger partial charge in [-0.15, -0.1) is 0 Å². The summed E-state index contributed by atoms with van der Waals surface area (Å²) in [6.45, 7) is 14.4. The van der Waals surface area contributed by atoms with Crippen LogP contribution >= 0.6 is 0 Å². The monoisotopic (exact) mass is 458 g/mol. The van der Waals surface area contributed by atoms with Gasteiger partial charge in [0.05, 0.1) is 24.0 Å². The highest BCUT2D eigenvalue weighted by Gasteiger charge is 2.69. The molecule has 0 aromatic heterocycles. The highest BCUT2D eigenvalue weighted by molar-refractivity contribution is 5.87. The van der Waals surface area contributed by atoms with Crippen molar-refractivity contribution in [1.82, 2.24) is 0 Å². The van der Waals surface area contributed by atoms with E-state index in [1.807, 2.05) is 18.2 Å². The van der Waals surface area contributed by atoms with E-state index in [-0.39, 0.29) is 13.2 Å². The van der Waals surface area contributed by atoms with Gasteiger partial charge < -0.3 is 18.9 Å². The van der Waals surface area contributed by atoms with Gasteiger partial charge in [-0.3, -0.25) is 14.4 Å². The van der Waals surface area contributed by atoms with Gasteiger partial charge in [0.1, 0.15) is 28.4 Å². The quantitative estimate of drug-likeness (QED) is 0.463. The first-order chi connectivity index (χ1) is 15.3. The predicted molar refractivity (Wildman–Crippen MR) is 121 cm³/mol. The number of para-hydroxylation sites is 1. The van der Waals surface area contributed by atoms with Crippen LogP contribution < -0.4 is 4.74 Å². The second-order valence-corrected chi connectivity index (χ2v) is 10.2. The summed E-state index contributed by atoms with van der Waals surface area (Å²) in [5.41, 5.74) is -3.78. The molecule has 0 saturated carbocycles. The second-order valence-electron chi connectivity index (χ2n) is 10.2. The van der Waals surface area contributed by atoms with Crippen molar-refractivity contribution in [2.24, 2.45) is 16.2 Å². The number of hydrogen-bond donors (Lipinski definition) is 0. The van der Waals surface area contributed by atoms with E-state index in [4.69, 9.17) is 18.9 Å². The minimum Gasteiger partial charge on any atom is -0.465 e. The van der Waals surface area contributed by atoms with Crippen LogP contribution in [-0.4, -0.2) is 37.2 Å². The fourth-order valence-electron chi connectivity index (χ4n) is 4.77. The van der Waals surface area contributed by atoms with Crippen molar-refractivity contribution < 1.29 is 33.3 Å². The molecule has 2 aliphatic heterocycles. The number of rotatable bonds is 6. The highest BCUT2D eigenvalue weighted by atomic mass is 16.6. The Bertz CT molecular complexity index is 1000. The van der Waals surface area contributed by atoms with Gasteiger partial charge in [0.25, 0.3) is 0 Å². The SMILES string of the molecule is CCOC(=O)C(C)(C)C1=C[C@]2(c3ccccc3O1)[C@H](C(C)(C)C(=O)OCC)OC(=O)C2(C)C. The standard InChI is InChI=1S/C26H34O7/c1-9-30-20(27)23(3,4)18-15-26(16-13-11-12-14-17(16)32-18)19(33-22(29)25(26,7)8)24(5,6)21(28)31-10-2/h11-15,19H,9-10H2,1-8H3/t19-,26-/m0/s1. The molecule has 3 rings (SSSR count). The van der Waals surface area contributed by atoms with Gasteiger partial charge >= 0.3 is 17.9 Å². The zero-order chi connectivity index (χ0) is 24.8. The number of carbonyl (C=O) groups is 3. The number of ether oxygens (including phenoxy) is 4. The minimum atomic E-state index is -1.18. The maximum absolute atomic E-state index is 13.3. The lowest BCUT2D eigenvalue weighted by Crippen LogP contribution is -2.55. The van der Waals surface area contributed by atoms with Crippen molar-refractivity contribution >= 4 is 17.9 Å². The zero-order valence-electron chi connectivity index (χ0n) is 20.7. The molecule has 33 heavy (non-hydrogen) atoms. The molecule has 1 aromatic carbocycles. The molecule has 0 bridgehead atoms. The van der Waals surface area contributed by atoms with E-state index in [0.29, 0.717) is 17.1 Å². The summed E-state index contributed by atoms with van der Waals surface area (Å²) in [6.07, 6.45) is 0.896. The van der Waals surface area contributed by atoms with Gasteiger partial charge in [-0.2, -0.15) is 0 Å². The lowest BCUT2D eigenvalue weighted by molar-refractivity contribution is -0.166. The number of esters is 3. The Morgan fingerprint density at radius 2 is 1.58 bits per heavy atom. The first kappa shape index (κ1) is 24.8. The van der Waals surface area contributed by atoms with Gasteiger partial charge in [0, 0.05) is 5.56 Å². The molecule has 1 spiro atoms. The minimum absolute atomic E-state index is 0.204. The third-order valence-corrected chi connectivity index (χ3v) is 6.95. The molecule has 7 nitrogen and oxygen atoms in total. The summed E-state index contributed by atoms with van der Waals surface area (Å²) in [4.78, 5) is 39.2. The fraction of sp³-hybridized carbons (Fsp3) is 0.577. The Kier molecular flexibility index (Phi) is 6.15. The fourth-order valence-corrected chi connectivity index (χ4v) is 4.77. The van der Waals surface area contributed by atoms with Crippen molar-refractivity contribution in [3.05, 3.63) is 41.7 Å². The van der Waals surface area contributed by atoms with Crippen LogP contribution in [0.15, 0.2) is 36.1 Å². The Balaban J connectivity index is 2.34. The van der Waals surface area contributed by atoms with Crippen LogP contribution in [0.3, 0.4) is 0 Å². The highest BCUT2D eigenvalue weighted by Crippen LogP contribution is 2.61.